The van der Waals surface area contributed by atoms with Crippen LogP contribution in [-0.2, 0) is 10.9 Å². The molecule has 3 rings (SSSR count). The molecule has 0 atom stereocenters. The highest BCUT2D eigenvalue weighted by Gasteiger charge is 2.36. The second-order valence-corrected chi connectivity index (χ2v) is 7.53. The fourth-order valence-electron chi connectivity index (χ4n) is 3.19. The first-order valence-corrected chi connectivity index (χ1v) is 9.60. The molecule has 1 amide bonds. The Morgan fingerprint density at radius 1 is 1.21 bits per heavy atom. The van der Waals surface area contributed by atoms with Crippen LogP contribution in [-0.4, -0.2) is 30.6 Å². The molecule has 5 nitrogen and oxygen atoms in total. The third-order valence-electron chi connectivity index (χ3n) is 4.73. The number of ether oxygens (including phenoxy) is 1. The summed E-state index contributed by atoms with van der Waals surface area (Å²) in [6.07, 6.45) is -2.37. The monoisotopic (exact) mass is 447 g/mol. The highest BCUT2D eigenvalue weighted by atomic mass is 35.5. The molecule has 10 heteroatoms. The Labute approximate surface area is 175 Å². The van der Waals surface area contributed by atoms with Crippen LogP contribution in [0.3, 0.4) is 0 Å². The molecule has 0 radical (unpaired) electrons. The number of halogens is 5. The van der Waals surface area contributed by atoms with E-state index in [1.54, 1.807) is 23.1 Å². The summed E-state index contributed by atoms with van der Waals surface area (Å²) in [7, 11) is 0. The predicted molar refractivity (Wildman–Crippen MR) is 105 cm³/mol. The van der Waals surface area contributed by atoms with Crippen molar-refractivity contribution in [3.8, 4) is 0 Å². The third-order valence-corrected chi connectivity index (χ3v) is 5.47. The number of rotatable bonds is 5. The van der Waals surface area contributed by atoms with E-state index >= 15 is 0 Å². The molecule has 29 heavy (non-hydrogen) atoms. The van der Waals surface area contributed by atoms with Crippen LogP contribution in [0, 0.1) is 5.92 Å². The SMILES string of the molecule is NC(=O)c1cnc(N(CC2CCOCC2)c2ccc(Cl)c(Cl)c2)cc1C(F)(F)F. The summed E-state index contributed by atoms with van der Waals surface area (Å²) in [6.45, 7) is 1.57. The van der Waals surface area contributed by atoms with Crippen molar-refractivity contribution in [1.29, 1.82) is 0 Å². The summed E-state index contributed by atoms with van der Waals surface area (Å²) in [6, 6.07) is 5.63. The summed E-state index contributed by atoms with van der Waals surface area (Å²) in [5.74, 6) is -0.973. The zero-order chi connectivity index (χ0) is 21.2. The summed E-state index contributed by atoms with van der Waals surface area (Å²) in [5.41, 5.74) is 3.82. The quantitative estimate of drug-likeness (QED) is 0.694. The van der Waals surface area contributed by atoms with Gasteiger partial charge >= 0.3 is 6.18 Å². The largest absolute Gasteiger partial charge is 0.417 e. The Morgan fingerprint density at radius 3 is 2.48 bits per heavy atom. The number of nitrogens with zero attached hydrogens (tertiary/aromatic N) is 2. The summed E-state index contributed by atoms with van der Waals surface area (Å²) >= 11 is 12.1. The van der Waals surface area contributed by atoms with Crippen LogP contribution in [0.4, 0.5) is 24.7 Å². The number of nitrogens with two attached hydrogens (primary N) is 1. The Balaban J connectivity index is 2.07. The number of benzene rings is 1. The van der Waals surface area contributed by atoms with Crippen LogP contribution in [0.2, 0.25) is 10.0 Å². The number of carbonyl (C=O) groups is 1. The van der Waals surface area contributed by atoms with Gasteiger partial charge in [-0.15, -0.1) is 0 Å². The molecule has 1 saturated heterocycles. The number of primary amides is 1. The molecule has 1 aromatic heterocycles. The Kier molecular flexibility index (Phi) is 6.55. The lowest BCUT2D eigenvalue weighted by Gasteiger charge is -2.31. The van der Waals surface area contributed by atoms with E-state index < -0.39 is 23.2 Å². The van der Waals surface area contributed by atoms with Crippen LogP contribution in [0.25, 0.3) is 0 Å². The minimum absolute atomic E-state index is 0.0344. The summed E-state index contributed by atoms with van der Waals surface area (Å²) in [4.78, 5) is 17.2. The number of carbonyl (C=O) groups excluding carboxylic acids is 1. The number of amides is 1. The molecule has 2 N–H and O–H groups in total. The van der Waals surface area contributed by atoms with Crippen molar-refractivity contribution in [2.24, 2.45) is 11.7 Å². The number of alkyl halides is 3. The topological polar surface area (TPSA) is 68.5 Å². The van der Waals surface area contributed by atoms with E-state index in [0.717, 1.165) is 25.1 Å². The van der Waals surface area contributed by atoms with Crippen LogP contribution in [0.1, 0.15) is 28.8 Å². The van der Waals surface area contributed by atoms with Gasteiger partial charge in [0.2, 0.25) is 0 Å². The fraction of sp³-hybridized carbons (Fsp3) is 0.368. The predicted octanol–water partition coefficient (Wildman–Crippen LogP) is 5.07. The van der Waals surface area contributed by atoms with Crippen LogP contribution >= 0.6 is 23.2 Å². The normalized spacial score (nSPS) is 15.3. The molecule has 1 fully saturated rings. The zero-order valence-electron chi connectivity index (χ0n) is 15.2. The molecule has 1 aliphatic rings. The molecule has 0 unspecified atom stereocenters. The van der Waals surface area contributed by atoms with Gasteiger partial charge in [0.05, 0.1) is 21.2 Å². The van der Waals surface area contributed by atoms with Crippen LogP contribution in [0.15, 0.2) is 30.5 Å². The van der Waals surface area contributed by atoms with E-state index in [9.17, 15) is 18.0 Å². The Hall–Kier alpha value is -2.03. The number of aromatic nitrogens is 1. The molecule has 0 spiro atoms. The minimum Gasteiger partial charge on any atom is -0.381 e. The number of hydrogen-bond donors (Lipinski definition) is 1. The van der Waals surface area contributed by atoms with Crippen molar-refractivity contribution in [3.05, 3.63) is 51.6 Å². The van der Waals surface area contributed by atoms with Crippen LogP contribution < -0.4 is 10.6 Å². The van der Waals surface area contributed by atoms with E-state index in [1.165, 1.54) is 0 Å². The van der Waals surface area contributed by atoms with Crippen molar-refractivity contribution < 1.29 is 22.7 Å². The number of anilines is 2. The second-order valence-electron chi connectivity index (χ2n) is 6.71. The second kappa shape index (κ2) is 8.77. The molecule has 0 aliphatic carbocycles. The average Bonchev–Trinajstić information content (AvgIpc) is 2.68. The fourth-order valence-corrected chi connectivity index (χ4v) is 3.49. The van der Waals surface area contributed by atoms with E-state index in [1.807, 2.05) is 0 Å². The first-order chi connectivity index (χ1) is 13.7. The molecule has 156 valence electrons. The van der Waals surface area contributed by atoms with Crippen LogP contribution in [0.5, 0.6) is 0 Å². The number of hydrogen-bond acceptors (Lipinski definition) is 4. The van der Waals surface area contributed by atoms with E-state index in [2.05, 4.69) is 4.98 Å². The van der Waals surface area contributed by atoms with Crippen molar-refractivity contribution >= 4 is 40.6 Å². The van der Waals surface area contributed by atoms with Gasteiger partial charge in [-0.3, -0.25) is 4.79 Å². The van der Waals surface area contributed by atoms with E-state index in [4.69, 9.17) is 33.7 Å². The maximum Gasteiger partial charge on any atom is 0.417 e. The standard InChI is InChI=1S/C19H18Cl2F3N3O2/c20-15-2-1-12(7-16(15)21)27(10-11-3-5-29-6-4-11)17-8-14(19(22,23)24)13(9-26-17)18(25)28/h1-2,7-9,11H,3-6,10H2,(H2,25,28). The summed E-state index contributed by atoms with van der Waals surface area (Å²) < 4.78 is 45.9. The van der Waals surface area contributed by atoms with Crippen molar-refractivity contribution in [3.63, 3.8) is 0 Å². The van der Waals surface area contributed by atoms with Gasteiger partial charge in [0.25, 0.3) is 5.91 Å². The molecule has 2 heterocycles. The molecule has 0 saturated carbocycles. The summed E-state index contributed by atoms with van der Waals surface area (Å²) in [5, 5.41) is 0.598. The molecule has 2 aromatic rings. The first kappa shape index (κ1) is 21.7. The number of pyridine rings is 1. The van der Waals surface area contributed by atoms with Gasteiger partial charge in [-0.25, -0.2) is 4.98 Å². The average molecular weight is 448 g/mol. The molecule has 1 aromatic carbocycles. The van der Waals surface area contributed by atoms with Gasteiger partial charge in [-0.2, -0.15) is 13.2 Å². The molecule has 0 bridgehead atoms. The lowest BCUT2D eigenvalue weighted by Crippen LogP contribution is -2.30. The minimum atomic E-state index is -4.76. The molecular formula is C19H18Cl2F3N3O2. The Morgan fingerprint density at radius 2 is 1.90 bits per heavy atom. The highest BCUT2D eigenvalue weighted by Crippen LogP contribution is 2.37. The third kappa shape index (κ3) is 5.12. The first-order valence-electron chi connectivity index (χ1n) is 8.84. The molecular weight excluding hydrogens is 430 g/mol. The smallest absolute Gasteiger partial charge is 0.381 e. The van der Waals surface area contributed by atoms with Gasteiger partial charge in [-0.05, 0) is 43.0 Å². The van der Waals surface area contributed by atoms with E-state index in [-0.39, 0.29) is 16.8 Å². The lowest BCUT2D eigenvalue weighted by molar-refractivity contribution is -0.137. The van der Waals surface area contributed by atoms with Gasteiger partial charge in [0, 0.05) is 31.6 Å². The maximum atomic E-state index is 13.5. The van der Waals surface area contributed by atoms with Gasteiger partial charge in [0.1, 0.15) is 5.82 Å². The highest BCUT2D eigenvalue weighted by molar-refractivity contribution is 6.42. The Bertz CT molecular complexity index is 903. The van der Waals surface area contributed by atoms with Gasteiger partial charge < -0.3 is 15.4 Å². The van der Waals surface area contributed by atoms with Gasteiger partial charge in [-0.1, -0.05) is 23.2 Å². The van der Waals surface area contributed by atoms with Crippen molar-refractivity contribution in [1.82, 2.24) is 4.98 Å². The maximum absolute atomic E-state index is 13.5. The zero-order valence-corrected chi connectivity index (χ0v) is 16.7. The van der Waals surface area contributed by atoms with Gasteiger partial charge in [0.15, 0.2) is 0 Å². The van der Waals surface area contributed by atoms with Crippen molar-refractivity contribution in [2.45, 2.75) is 19.0 Å². The molecule has 1 aliphatic heterocycles. The van der Waals surface area contributed by atoms with Crippen molar-refractivity contribution in [2.75, 3.05) is 24.7 Å². The van der Waals surface area contributed by atoms with E-state index in [0.29, 0.717) is 30.5 Å². The lowest BCUT2D eigenvalue weighted by atomic mass is 9.99.